The summed E-state index contributed by atoms with van der Waals surface area (Å²) in [5.41, 5.74) is 0.194. The Bertz CT molecular complexity index is 979. The van der Waals surface area contributed by atoms with E-state index in [1.165, 1.54) is 23.1 Å². The highest BCUT2D eigenvalue weighted by molar-refractivity contribution is 7.91. The third-order valence-corrected chi connectivity index (χ3v) is 6.95. The van der Waals surface area contributed by atoms with Crippen molar-refractivity contribution in [3.63, 3.8) is 0 Å². The summed E-state index contributed by atoms with van der Waals surface area (Å²) in [6, 6.07) is 12.6. The van der Waals surface area contributed by atoms with Gasteiger partial charge >= 0.3 is 0 Å². The van der Waals surface area contributed by atoms with Crippen LogP contribution in [-0.2, 0) is 9.84 Å². The Morgan fingerprint density at radius 2 is 1.85 bits per heavy atom. The molecule has 1 unspecified atom stereocenters. The first-order valence-corrected chi connectivity index (χ1v) is 10.4. The van der Waals surface area contributed by atoms with E-state index in [2.05, 4.69) is 0 Å². The molecule has 9 heteroatoms. The predicted octanol–water partition coefficient (Wildman–Crippen LogP) is 3.25. The van der Waals surface area contributed by atoms with Crippen LogP contribution in [0, 0.1) is 10.1 Å². The topological polar surface area (TPSA) is 97.6 Å². The lowest BCUT2D eigenvalue weighted by molar-refractivity contribution is -0.385. The number of nitro groups is 1. The summed E-state index contributed by atoms with van der Waals surface area (Å²) in [6.07, 6.45) is 0.229. The van der Waals surface area contributed by atoms with Gasteiger partial charge in [0, 0.05) is 24.2 Å². The molecule has 142 valence electrons. The lowest BCUT2D eigenvalue weighted by Crippen LogP contribution is -2.34. The second-order valence-corrected chi connectivity index (χ2v) is 9.01. The Labute approximate surface area is 161 Å². The number of rotatable bonds is 3. The van der Waals surface area contributed by atoms with Crippen molar-refractivity contribution in [3.8, 4) is 0 Å². The van der Waals surface area contributed by atoms with Crippen molar-refractivity contribution >= 4 is 33.0 Å². The van der Waals surface area contributed by atoms with Gasteiger partial charge in [0.1, 0.15) is 5.56 Å². The highest BCUT2D eigenvalue weighted by Crippen LogP contribution is 2.31. The van der Waals surface area contributed by atoms with Gasteiger partial charge in [-0.3, -0.25) is 14.9 Å². The molecule has 3 rings (SSSR count). The van der Waals surface area contributed by atoms with Gasteiger partial charge in [-0.1, -0.05) is 41.9 Å². The summed E-state index contributed by atoms with van der Waals surface area (Å²) in [4.78, 5) is 24.8. The minimum absolute atomic E-state index is 0.0197. The van der Waals surface area contributed by atoms with Gasteiger partial charge in [0.05, 0.1) is 15.9 Å². The van der Waals surface area contributed by atoms with Gasteiger partial charge in [0.2, 0.25) is 0 Å². The molecule has 2 aromatic carbocycles. The molecule has 1 amide bonds. The summed E-state index contributed by atoms with van der Waals surface area (Å²) in [6.45, 7) is 0.162. The second kappa shape index (κ2) is 7.66. The van der Waals surface area contributed by atoms with Crippen LogP contribution in [0.1, 0.15) is 27.6 Å². The van der Waals surface area contributed by atoms with E-state index in [4.69, 9.17) is 11.6 Å². The van der Waals surface area contributed by atoms with Gasteiger partial charge in [-0.15, -0.1) is 0 Å². The average molecular weight is 409 g/mol. The summed E-state index contributed by atoms with van der Waals surface area (Å²) >= 11 is 5.90. The van der Waals surface area contributed by atoms with Gasteiger partial charge in [-0.2, -0.15) is 0 Å². The molecule has 0 saturated carbocycles. The molecule has 1 aliphatic rings. The first-order chi connectivity index (χ1) is 12.8. The van der Waals surface area contributed by atoms with Crippen LogP contribution in [0.3, 0.4) is 0 Å². The van der Waals surface area contributed by atoms with Crippen LogP contribution in [-0.4, -0.2) is 43.0 Å². The zero-order valence-electron chi connectivity index (χ0n) is 14.2. The van der Waals surface area contributed by atoms with E-state index in [9.17, 15) is 23.3 Å². The monoisotopic (exact) mass is 408 g/mol. The molecular formula is C18H17ClN2O5S. The molecule has 0 aliphatic carbocycles. The fourth-order valence-corrected chi connectivity index (χ4v) is 5.17. The van der Waals surface area contributed by atoms with Gasteiger partial charge in [0.15, 0.2) is 9.84 Å². The quantitative estimate of drug-likeness (QED) is 0.573. The fraction of sp³-hybridized carbons (Fsp3) is 0.278. The summed E-state index contributed by atoms with van der Waals surface area (Å²) in [7, 11) is -3.45. The maximum absolute atomic E-state index is 12.9. The van der Waals surface area contributed by atoms with Crippen LogP contribution in [0.4, 0.5) is 5.69 Å². The van der Waals surface area contributed by atoms with E-state index >= 15 is 0 Å². The van der Waals surface area contributed by atoms with Crippen LogP contribution < -0.4 is 0 Å². The van der Waals surface area contributed by atoms with Crippen molar-refractivity contribution in [2.75, 3.05) is 18.8 Å². The van der Waals surface area contributed by atoms with E-state index in [0.29, 0.717) is 5.56 Å². The molecule has 1 fully saturated rings. The third-order valence-electron chi connectivity index (χ3n) is 4.58. The minimum Gasteiger partial charge on any atom is -0.337 e. The van der Waals surface area contributed by atoms with Crippen LogP contribution in [0.5, 0.6) is 0 Å². The standard InChI is InChI=1S/C18H17ClN2O5S/c19-14-6-7-16(21(23)24)15(12-14)18(22)20-9-8-17(27(25,26)11-10-20)13-4-2-1-3-5-13/h1-7,12,17H,8-11H2. The number of sulfone groups is 1. The molecule has 0 radical (unpaired) electrons. The molecule has 0 aromatic heterocycles. The highest BCUT2D eigenvalue weighted by atomic mass is 35.5. The molecule has 27 heavy (non-hydrogen) atoms. The Hall–Kier alpha value is -2.45. The van der Waals surface area contributed by atoms with E-state index in [1.54, 1.807) is 30.3 Å². The average Bonchev–Trinajstić information content (AvgIpc) is 2.79. The molecule has 1 heterocycles. The SMILES string of the molecule is O=C(c1cc(Cl)ccc1[N+](=O)[O-])N1CCC(c2ccccc2)S(=O)(=O)CC1. The number of amides is 1. The molecule has 7 nitrogen and oxygen atoms in total. The van der Waals surface area contributed by atoms with E-state index < -0.39 is 25.9 Å². The van der Waals surface area contributed by atoms with Crippen molar-refractivity contribution < 1.29 is 18.1 Å². The smallest absolute Gasteiger partial charge is 0.282 e. The summed E-state index contributed by atoms with van der Waals surface area (Å²) < 4.78 is 25.3. The number of carbonyl (C=O) groups is 1. The van der Waals surface area contributed by atoms with Crippen LogP contribution in [0.25, 0.3) is 0 Å². The molecule has 0 spiro atoms. The molecule has 0 bridgehead atoms. The van der Waals surface area contributed by atoms with Crippen molar-refractivity contribution in [3.05, 3.63) is 74.8 Å². The van der Waals surface area contributed by atoms with Gasteiger partial charge in [-0.05, 0) is 24.1 Å². The predicted molar refractivity (Wildman–Crippen MR) is 102 cm³/mol. The number of nitrogens with zero attached hydrogens (tertiary/aromatic N) is 2. The maximum atomic E-state index is 12.9. The highest BCUT2D eigenvalue weighted by Gasteiger charge is 2.34. The summed E-state index contributed by atoms with van der Waals surface area (Å²) in [5.74, 6) is -0.791. The maximum Gasteiger partial charge on any atom is 0.282 e. The largest absolute Gasteiger partial charge is 0.337 e. The third kappa shape index (κ3) is 4.12. The number of benzene rings is 2. The van der Waals surface area contributed by atoms with Crippen LogP contribution >= 0.6 is 11.6 Å². The minimum atomic E-state index is -3.45. The van der Waals surface area contributed by atoms with E-state index in [-0.39, 0.29) is 41.5 Å². The first-order valence-electron chi connectivity index (χ1n) is 8.29. The zero-order chi connectivity index (χ0) is 19.6. The molecule has 1 saturated heterocycles. The van der Waals surface area contributed by atoms with Crippen molar-refractivity contribution in [2.24, 2.45) is 0 Å². The number of hydrogen-bond donors (Lipinski definition) is 0. The molecule has 1 aliphatic heterocycles. The van der Waals surface area contributed by atoms with Gasteiger partial charge in [-0.25, -0.2) is 8.42 Å². The van der Waals surface area contributed by atoms with E-state index in [1.807, 2.05) is 0 Å². The first kappa shape index (κ1) is 19.3. The number of halogens is 1. The Morgan fingerprint density at radius 1 is 1.15 bits per heavy atom. The Morgan fingerprint density at radius 3 is 2.52 bits per heavy atom. The van der Waals surface area contributed by atoms with Crippen molar-refractivity contribution in [1.82, 2.24) is 4.90 Å². The normalized spacial score (nSPS) is 19.3. The van der Waals surface area contributed by atoms with E-state index in [0.717, 1.165) is 0 Å². The number of nitro benzene ring substituents is 1. The molecule has 1 atom stereocenters. The van der Waals surface area contributed by atoms with Gasteiger partial charge < -0.3 is 4.90 Å². The Balaban J connectivity index is 1.89. The molecule has 2 aromatic rings. The molecule has 0 N–H and O–H groups in total. The lowest BCUT2D eigenvalue weighted by Gasteiger charge is -2.20. The van der Waals surface area contributed by atoms with Crippen molar-refractivity contribution in [2.45, 2.75) is 11.7 Å². The van der Waals surface area contributed by atoms with Crippen LogP contribution in [0.15, 0.2) is 48.5 Å². The number of hydrogen-bond acceptors (Lipinski definition) is 5. The van der Waals surface area contributed by atoms with Crippen LogP contribution in [0.2, 0.25) is 5.02 Å². The summed E-state index contributed by atoms with van der Waals surface area (Å²) in [5, 5.41) is 10.7. The van der Waals surface area contributed by atoms with Gasteiger partial charge in [0.25, 0.3) is 11.6 Å². The Kier molecular flexibility index (Phi) is 5.48. The second-order valence-electron chi connectivity index (χ2n) is 6.27. The zero-order valence-corrected chi connectivity index (χ0v) is 15.8. The molecular weight excluding hydrogens is 392 g/mol. The number of carbonyl (C=O) groups excluding carboxylic acids is 1. The fourth-order valence-electron chi connectivity index (χ4n) is 3.20. The van der Waals surface area contributed by atoms with Crippen molar-refractivity contribution in [1.29, 1.82) is 0 Å². The lowest BCUT2D eigenvalue weighted by atomic mass is 10.1.